The van der Waals surface area contributed by atoms with Gasteiger partial charge in [-0.3, -0.25) is 4.79 Å². The van der Waals surface area contributed by atoms with Crippen molar-refractivity contribution in [3.8, 4) is 0 Å². The van der Waals surface area contributed by atoms with Gasteiger partial charge in [0.1, 0.15) is 10.5 Å². The number of benzene rings is 1. The van der Waals surface area contributed by atoms with Crippen LogP contribution in [0.2, 0.25) is 0 Å². The fourth-order valence-electron chi connectivity index (χ4n) is 1.51. The second-order valence-corrected chi connectivity index (χ2v) is 8.00. The normalized spacial score (nSPS) is 16.0. The molecule has 0 spiro atoms. The summed E-state index contributed by atoms with van der Waals surface area (Å²) in [7, 11) is -9.80. The zero-order valence-corrected chi connectivity index (χ0v) is 12.4. The van der Waals surface area contributed by atoms with E-state index in [2.05, 4.69) is 0 Å². The topological polar surface area (TPSA) is 52.3 Å². The van der Waals surface area contributed by atoms with Crippen molar-refractivity contribution in [1.82, 2.24) is 0 Å². The monoisotopic (exact) mass is 333 g/mol. The molecule has 122 valence electrons. The highest BCUT2D eigenvalue weighted by molar-refractivity contribution is 8.45. The lowest BCUT2D eigenvalue weighted by Gasteiger charge is -2.40. The quantitative estimate of drug-likeness (QED) is 0.490. The van der Waals surface area contributed by atoms with Gasteiger partial charge < -0.3 is 10.5 Å². The summed E-state index contributed by atoms with van der Waals surface area (Å²) in [6.45, 7) is 4.71. The summed E-state index contributed by atoms with van der Waals surface area (Å²) >= 11 is 0. The summed E-state index contributed by atoms with van der Waals surface area (Å²) < 4.78 is 68.5. The van der Waals surface area contributed by atoms with Gasteiger partial charge in [-0.25, -0.2) is 0 Å². The molecule has 0 aliphatic carbocycles. The van der Waals surface area contributed by atoms with Crippen molar-refractivity contribution in [3.63, 3.8) is 0 Å². The molecule has 21 heavy (non-hydrogen) atoms. The SMILES string of the molecule is CC(C)(C)OC(=O)Cc1cc(S(F)(F)(F)(F)F)ccc1N. The number of hydrogen-bond donors (Lipinski definition) is 1. The van der Waals surface area contributed by atoms with Gasteiger partial charge in [-0.05, 0) is 44.5 Å². The first kappa shape index (κ1) is 17.5. The van der Waals surface area contributed by atoms with Crippen molar-refractivity contribution in [3.05, 3.63) is 23.8 Å². The number of esters is 1. The summed E-state index contributed by atoms with van der Waals surface area (Å²) in [4.78, 5) is 9.48. The third-order valence-electron chi connectivity index (χ3n) is 2.31. The molecule has 0 atom stereocenters. The van der Waals surface area contributed by atoms with Crippen molar-refractivity contribution < 1.29 is 29.0 Å². The van der Waals surface area contributed by atoms with Crippen LogP contribution in [0.3, 0.4) is 0 Å². The van der Waals surface area contributed by atoms with Gasteiger partial charge in [-0.15, -0.1) is 0 Å². The predicted molar refractivity (Wildman–Crippen MR) is 71.8 cm³/mol. The van der Waals surface area contributed by atoms with Crippen LogP contribution in [-0.2, 0) is 16.0 Å². The first-order valence-electron chi connectivity index (χ1n) is 5.82. The number of hydrogen-bond acceptors (Lipinski definition) is 3. The molecule has 0 bridgehead atoms. The first-order chi connectivity index (χ1) is 8.98. The molecule has 0 radical (unpaired) electrons. The van der Waals surface area contributed by atoms with E-state index in [1.54, 1.807) is 20.8 Å². The Labute approximate surface area is 119 Å². The summed E-state index contributed by atoms with van der Waals surface area (Å²) in [5.74, 6) is -0.853. The largest absolute Gasteiger partial charge is 0.460 e. The smallest absolute Gasteiger partial charge is 0.310 e. The van der Waals surface area contributed by atoms with E-state index in [4.69, 9.17) is 10.5 Å². The van der Waals surface area contributed by atoms with Gasteiger partial charge in [-0.2, -0.15) is 0 Å². The molecule has 0 aromatic heterocycles. The van der Waals surface area contributed by atoms with E-state index in [9.17, 15) is 24.2 Å². The molecule has 1 aromatic rings. The Balaban J connectivity index is 3.14. The van der Waals surface area contributed by atoms with E-state index in [0.29, 0.717) is 6.07 Å². The molecule has 0 unspecified atom stereocenters. The minimum atomic E-state index is -9.80. The molecule has 0 fully saturated rings. The molecular formula is C12H16F5NO2S. The van der Waals surface area contributed by atoms with Crippen LogP contribution in [0.4, 0.5) is 25.1 Å². The van der Waals surface area contributed by atoms with E-state index in [-0.39, 0.29) is 23.4 Å². The Morgan fingerprint density at radius 2 is 1.71 bits per heavy atom. The second-order valence-electron chi connectivity index (χ2n) is 5.59. The number of ether oxygens (including phenoxy) is 1. The average Bonchev–Trinajstić information content (AvgIpc) is 2.14. The highest BCUT2D eigenvalue weighted by Gasteiger charge is 2.65. The van der Waals surface area contributed by atoms with Crippen molar-refractivity contribution in [2.24, 2.45) is 0 Å². The van der Waals surface area contributed by atoms with E-state index in [1.165, 1.54) is 0 Å². The molecule has 0 amide bonds. The highest BCUT2D eigenvalue weighted by Crippen LogP contribution is 3.02. The Kier molecular flexibility index (Phi) is 3.55. The number of rotatable bonds is 3. The Morgan fingerprint density at radius 1 is 1.19 bits per heavy atom. The fraction of sp³-hybridized carbons (Fsp3) is 0.417. The van der Waals surface area contributed by atoms with Gasteiger partial charge in [0.15, 0.2) is 0 Å². The van der Waals surface area contributed by atoms with Crippen LogP contribution in [0.1, 0.15) is 26.3 Å². The van der Waals surface area contributed by atoms with Gasteiger partial charge >= 0.3 is 16.2 Å². The van der Waals surface area contributed by atoms with Crippen LogP contribution >= 0.6 is 10.2 Å². The number of anilines is 1. The summed E-state index contributed by atoms with van der Waals surface area (Å²) in [5.41, 5.74) is 4.04. The van der Waals surface area contributed by atoms with Crippen LogP contribution in [-0.4, -0.2) is 11.6 Å². The van der Waals surface area contributed by atoms with E-state index < -0.39 is 33.1 Å². The third kappa shape index (κ3) is 5.41. The summed E-state index contributed by atoms with van der Waals surface area (Å²) in [5, 5.41) is 0. The molecule has 1 rings (SSSR count). The number of carbonyl (C=O) groups is 1. The zero-order valence-electron chi connectivity index (χ0n) is 11.6. The minimum Gasteiger partial charge on any atom is -0.460 e. The lowest BCUT2D eigenvalue weighted by Crippen LogP contribution is -2.25. The predicted octanol–water partition coefficient (Wildman–Crippen LogP) is 4.81. The lowest BCUT2D eigenvalue weighted by molar-refractivity contribution is -0.153. The van der Waals surface area contributed by atoms with E-state index in [0.717, 1.165) is 0 Å². The maximum Gasteiger partial charge on any atom is 0.310 e. The molecule has 0 aliphatic heterocycles. The minimum absolute atomic E-state index is 0.188. The Bertz CT molecular complexity index is 577. The zero-order chi connectivity index (χ0) is 16.8. The van der Waals surface area contributed by atoms with Crippen LogP contribution < -0.4 is 5.73 Å². The lowest BCUT2D eigenvalue weighted by atomic mass is 10.1. The van der Waals surface area contributed by atoms with Gasteiger partial charge in [0.05, 0.1) is 6.42 Å². The molecule has 3 nitrogen and oxygen atoms in total. The Hall–Kier alpha value is -1.51. The van der Waals surface area contributed by atoms with Crippen molar-refractivity contribution in [2.45, 2.75) is 37.7 Å². The number of nitrogen functional groups attached to an aromatic ring is 1. The van der Waals surface area contributed by atoms with E-state index in [1.807, 2.05) is 0 Å². The maximum atomic E-state index is 12.7. The maximum absolute atomic E-state index is 12.7. The molecule has 9 heteroatoms. The summed E-state index contributed by atoms with van der Waals surface area (Å²) in [6, 6.07) is 1.10. The highest BCUT2D eigenvalue weighted by atomic mass is 32.5. The molecule has 0 heterocycles. The van der Waals surface area contributed by atoms with Crippen LogP contribution in [0.5, 0.6) is 0 Å². The number of carbonyl (C=O) groups excluding carboxylic acids is 1. The van der Waals surface area contributed by atoms with E-state index >= 15 is 0 Å². The van der Waals surface area contributed by atoms with Crippen LogP contribution in [0, 0.1) is 0 Å². The fourth-order valence-corrected chi connectivity index (χ4v) is 2.20. The standard InChI is InChI=1S/C12H16F5NO2S/c1-12(2,3)20-11(19)7-8-6-9(4-5-10(8)18)21(13,14,15,16)17/h4-6H,7,18H2,1-3H3. The van der Waals surface area contributed by atoms with Crippen molar-refractivity contribution >= 4 is 21.9 Å². The molecule has 0 saturated heterocycles. The van der Waals surface area contributed by atoms with Crippen molar-refractivity contribution in [2.75, 3.05) is 5.73 Å². The molecular weight excluding hydrogens is 317 g/mol. The second kappa shape index (κ2) is 4.25. The molecule has 0 saturated carbocycles. The molecule has 2 N–H and O–H groups in total. The van der Waals surface area contributed by atoms with Gasteiger partial charge in [0.25, 0.3) is 0 Å². The van der Waals surface area contributed by atoms with Crippen LogP contribution in [0.15, 0.2) is 23.1 Å². The summed E-state index contributed by atoms with van der Waals surface area (Å²) in [6.07, 6.45) is -0.620. The molecule has 0 aliphatic rings. The van der Waals surface area contributed by atoms with Crippen molar-refractivity contribution in [1.29, 1.82) is 0 Å². The first-order valence-corrected chi connectivity index (χ1v) is 7.77. The number of halogens is 5. The van der Waals surface area contributed by atoms with Gasteiger partial charge in [0.2, 0.25) is 0 Å². The van der Waals surface area contributed by atoms with Crippen LogP contribution in [0.25, 0.3) is 0 Å². The third-order valence-corrected chi connectivity index (χ3v) is 3.46. The average molecular weight is 333 g/mol. The van der Waals surface area contributed by atoms with Gasteiger partial charge in [-0.1, -0.05) is 19.4 Å². The number of nitrogens with two attached hydrogens (primary N) is 1. The Morgan fingerprint density at radius 3 is 2.14 bits per heavy atom. The van der Waals surface area contributed by atoms with Gasteiger partial charge in [0, 0.05) is 5.69 Å². The molecule has 1 aromatic carbocycles.